The Morgan fingerprint density at radius 1 is 1.42 bits per heavy atom. The smallest absolute Gasteiger partial charge is 0.257 e. The third-order valence-electron chi connectivity index (χ3n) is 2.84. The molecule has 0 spiro atoms. The molecule has 5 nitrogen and oxygen atoms in total. The molecule has 2 N–H and O–H groups in total. The predicted octanol–water partition coefficient (Wildman–Crippen LogP) is 1.19. The Bertz CT molecular complexity index is 476. The minimum Gasteiger partial charge on any atom is -0.461 e. The average Bonchev–Trinajstić information content (AvgIpc) is 2.42. The number of nitrogens with two attached hydrogens (primary N) is 1. The van der Waals surface area contributed by atoms with Crippen LogP contribution in [0.1, 0.15) is 10.4 Å². The number of anilines is 1. The molecule has 1 heterocycles. The van der Waals surface area contributed by atoms with Gasteiger partial charge in [-0.05, 0) is 6.07 Å². The highest BCUT2D eigenvalue weighted by Gasteiger charge is 2.23. The molecule has 1 aliphatic rings. The maximum atomic E-state index is 13.8. The van der Waals surface area contributed by atoms with E-state index in [1.165, 1.54) is 4.90 Å². The van der Waals surface area contributed by atoms with Crippen molar-refractivity contribution in [1.82, 2.24) is 4.90 Å². The molecule has 2 rings (SSSR count). The van der Waals surface area contributed by atoms with Gasteiger partial charge < -0.3 is 20.1 Å². The van der Waals surface area contributed by atoms with Crippen molar-refractivity contribution in [3.8, 4) is 5.75 Å². The first kappa shape index (κ1) is 13.5. The molecule has 0 saturated carbocycles. The molecule has 1 fully saturated rings. The number of nitrogens with zero attached hydrogens (tertiary/aromatic N) is 1. The lowest BCUT2D eigenvalue weighted by Gasteiger charge is -2.27. The first-order chi connectivity index (χ1) is 9.13. The van der Waals surface area contributed by atoms with E-state index in [9.17, 15) is 13.6 Å². The summed E-state index contributed by atoms with van der Waals surface area (Å²) in [5.74, 6) is -1.27. The van der Waals surface area contributed by atoms with Crippen molar-refractivity contribution in [3.63, 3.8) is 0 Å². The molecule has 1 aromatic rings. The van der Waals surface area contributed by atoms with Crippen LogP contribution in [0.25, 0.3) is 0 Å². The SMILES string of the molecule is Nc1cc(F)c(C(=O)N2CCOCC2)cc1OCF. The fourth-order valence-electron chi connectivity index (χ4n) is 1.85. The number of carbonyl (C=O) groups excluding carboxylic acids is 1. The van der Waals surface area contributed by atoms with Crippen LogP contribution in [-0.2, 0) is 4.74 Å². The van der Waals surface area contributed by atoms with E-state index in [1.54, 1.807) is 0 Å². The molecule has 1 aromatic carbocycles. The second-order valence-electron chi connectivity index (χ2n) is 4.03. The zero-order chi connectivity index (χ0) is 13.8. The van der Waals surface area contributed by atoms with E-state index >= 15 is 0 Å². The lowest BCUT2D eigenvalue weighted by atomic mass is 10.1. The Morgan fingerprint density at radius 3 is 2.74 bits per heavy atom. The van der Waals surface area contributed by atoms with Crippen LogP contribution >= 0.6 is 0 Å². The van der Waals surface area contributed by atoms with E-state index in [0.29, 0.717) is 26.3 Å². The Balaban J connectivity index is 2.27. The Labute approximate surface area is 108 Å². The molecular weight excluding hydrogens is 258 g/mol. The summed E-state index contributed by atoms with van der Waals surface area (Å²) in [7, 11) is 0. The van der Waals surface area contributed by atoms with Gasteiger partial charge in [0.2, 0.25) is 6.86 Å². The third-order valence-corrected chi connectivity index (χ3v) is 2.84. The lowest BCUT2D eigenvalue weighted by Crippen LogP contribution is -2.41. The molecule has 0 aromatic heterocycles. The van der Waals surface area contributed by atoms with Crippen LogP contribution in [-0.4, -0.2) is 44.0 Å². The van der Waals surface area contributed by atoms with Gasteiger partial charge in [-0.2, -0.15) is 0 Å². The Kier molecular flexibility index (Phi) is 4.16. The average molecular weight is 272 g/mol. The van der Waals surface area contributed by atoms with E-state index in [1.807, 2.05) is 0 Å². The summed E-state index contributed by atoms with van der Waals surface area (Å²) in [6.07, 6.45) is 0. The van der Waals surface area contributed by atoms with Gasteiger partial charge in [0.05, 0.1) is 24.5 Å². The maximum absolute atomic E-state index is 13.8. The number of hydrogen-bond acceptors (Lipinski definition) is 4. The van der Waals surface area contributed by atoms with Crippen LogP contribution in [0, 0.1) is 5.82 Å². The van der Waals surface area contributed by atoms with Crippen LogP contribution in [0.4, 0.5) is 14.5 Å². The number of ether oxygens (including phenoxy) is 2. The topological polar surface area (TPSA) is 64.8 Å². The number of carbonyl (C=O) groups is 1. The van der Waals surface area contributed by atoms with Crippen molar-refractivity contribution in [3.05, 3.63) is 23.5 Å². The molecule has 1 amide bonds. The number of halogens is 2. The quantitative estimate of drug-likeness (QED) is 0.839. The van der Waals surface area contributed by atoms with E-state index in [4.69, 9.17) is 10.5 Å². The molecule has 0 aliphatic carbocycles. The monoisotopic (exact) mass is 272 g/mol. The first-order valence-corrected chi connectivity index (χ1v) is 5.78. The van der Waals surface area contributed by atoms with E-state index in [0.717, 1.165) is 12.1 Å². The number of benzene rings is 1. The highest BCUT2D eigenvalue weighted by atomic mass is 19.1. The number of alkyl halides is 1. The molecular formula is C12H14F2N2O3. The zero-order valence-corrected chi connectivity index (χ0v) is 10.2. The van der Waals surface area contributed by atoms with E-state index in [2.05, 4.69) is 4.74 Å². The van der Waals surface area contributed by atoms with Gasteiger partial charge in [-0.15, -0.1) is 0 Å². The summed E-state index contributed by atoms with van der Waals surface area (Å²) < 4.78 is 35.7. The molecule has 0 unspecified atom stereocenters. The second-order valence-corrected chi connectivity index (χ2v) is 4.03. The van der Waals surface area contributed by atoms with Crippen LogP contribution in [0.15, 0.2) is 12.1 Å². The molecule has 19 heavy (non-hydrogen) atoms. The third kappa shape index (κ3) is 2.93. The molecule has 1 saturated heterocycles. The maximum Gasteiger partial charge on any atom is 0.257 e. The largest absolute Gasteiger partial charge is 0.461 e. The number of hydrogen-bond donors (Lipinski definition) is 1. The first-order valence-electron chi connectivity index (χ1n) is 5.78. The molecule has 0 atom stereocenters. The molecule has 0 bridgehead atoms. The summed E-state index contributed by atoms with van der Waals surface area (Å²) in [4.78, 5) is 13.6. The predicted molar refractivity (Wildman–Crippen MR) is 64.1 cm³/mol. The summed E-state index contributed by atoms with van der Waals surface area (Å²) >= 11 is 0. The summed E-state index contributed by atoms with van der Waals surface area (Å²) in [5.41, 5.74) is 5.25. The van der Waals surface area contributed by atoms with Gasteiger partial charge in [-0.25, -0.2) is 8.78 Å². The molecule has 7 heteroatoms. The number of amides is 1. The van der Waals surface area contributed by atoms with Gasteiger partial charge in [0.1, 0.15) is 11.6 Å². The molecule has 0 radical (unpaired) electrons. The lowest BCUT2D eigenvalue weighted by molar-refractivity contribution is 0.0299. The normalized spacial score (nSPS) is 15.4. The Hall–Kier alpha value is -1.89. The van der Waals surface area contributed by atoms with Gasteiger partial charge in [-0.1, -0.05) is 0 Å². The van der Waals surface area contributed by atoms with Gasteiger partial charge in [0, 0.05) is 19.2 Å². The summed E-state index contributed by atoms with van der Waals surface area (Å²) in [5, 5.41) is 0. The molecule has 104 valence electrons. The summed E-state index contributed by atoms with van der Waals surface area (Å²) in [6, 6.07) is 2.08. The van der Waals surface area contributed by atoms with Gasteiger partial charge in [0.25, 0.3) is 5.91 Å². The van der Waals surface area contributed by atoms with Crippen molar-refractivity contribution in [1.29, 1.82) is 0 Å². The van der Waals surface area contributed by atoms with Crippen LogP contribution in [0.5, 0.6) is 5.75 Å². The molecule has 1 aliphatic heterocycles. The van der Waals surface area contributed by atoms with Gasteiger partial charge in [-0.3, -0.25) is 4.79 Å². The number of morpholine rings is 1. The number of nitrogen functional groups attached to an aromatic ring is 1. The fourth-order valence-corrected chi connectivity index (χ4v) is 1.85. The second kappa shape index (κ2) is 5.83. The van der Waals surface area contributed by atoms with Crippen molar-refractivity contribution in [2.75, 3.05) is 38.9 Å². The zero-order valence-electron chi connectivity index (χ0n) is 10.2. The number of rotatable bonds is 3. The fraction of sp³-hybridized carbons (Fsp3) is 0.417. The highest BCUT2D eigenvalue weighted by molar-refractivity contribution is 5.95. The van der Waals surface area contributed by atoms with Crippen molar-refractivity contribution >= 4 is 11.6 Å². The van der Waals surface area contributed by atoms with Crippen molar-refractivity contribution < 1.29 is 23.0 Å². The minimum absolute atomic E-state index is 0.0412. The van der Waals surface area contributed by atoms with Crippen molar-refractivity contribution in [2.24, 2.45) is 0 Å². The van der Waals surface area contributed by atoms with Crippen LogP contribution < -0.4 is 10.5 Å². The summed E-state index contributed by atoms with van der Waals surface area (Å²) in [6.45, 7) is 0.511. The Morgan fingerprint density at radius 2 is 2.11 bits per heavy atom. The van der Waals surface area contributed by atoms with E-state index < -0.39 is 18.6 Å². The minimum atomic E-state index is -1.10. The van der Waals surface area contributed by atoms with E-state index in [-0.39, 0.29) is 17.0 Å². The van der Waals surface area contributed by atoms with Gasteiger partial charge in [0.15, 0.2) is 0 Å². The van der Waals surface area contributed by atoms with Crippen LogP contribution in [0.3, 0.4) is 0 Å². The van der Waals surface area contributed by atoms with Gasteiger partial charge >= 0.3 is 0 Å². The van der Waals surface area contributed by atoms with Crippen LogP contribution in [0.2, 0.25) is 0 Å². The standard InChI is InChI=1S/C12H14F2N2O3/c13-7-19-11-5-8(9(14)6-10(11)15)12(17)16-1-3-18-4-2-16/h5-6H,1-4,7,15H2. The van der Waals surface area contributed by atoms with Crippen molar-refractivity contribution in [2.45, 2.75) is 0 Å². The highest BCUT2D eigenvalue weighted by Crippen LogP contribution is 2.26.